The van der Waals surface area contributed by atoms with Gasteiger partial charge in [-0.25, -0.2) is 4.39 Å². The maximum Gasteiger partial charge on any atom is 0.128 e. The smallest absolute Gasteiger partial charge is 0.128 e. The van der Waals surface area contributed by atoms with E-state index < -0.39 is 0 Å². The van der Waals surface area contributed by atoms with Crippen molar-refractivity contribution in [1.29, 1.82) is 0 Å². The van der Waals surface area contributed by atoms with Gasteiger partial charge in [-0.3, -0.25) is 0 Å². The molecule has 1 nitrogen and oxygen atoms in total. The van der Waals surface area contributed by atoms with Crippen LogP contribution in [0.4, 0.5) is 4.39 Å². The lowest BCUT2D eigenvalue weighted by atomic mass is 9.95. The predicted octanol–water partition coefficient (Wildman–Crippen LogP) is 2.34. The van der Waals surface area contributed by atoms with E-state index in [1.165, 1.54) is 6.07 Å². The number of fused-ring (bicyclic) bond motifs is 1. The van der Waals surface area contributed by atoms with Crippen LogP contribution in [0.5, 0.6) is 0 Å². The summed E-state index contributed by atoms with van der Waals surface area (Å²) in [5, 5.41) is 3.78. The molecule has 0 bridgehead atoms. The fourth-order valence-corrected chi connectivity index (χ4v) is 2.81. The minimum absolute atomic E-state index is 0.0919. The lowest BCUT2D eigenvalue weighted by molar-refractivity contribution is 0.569. The SMILES string of the molecule is Fc1cc(Cl)ccc1[C@@]12CNC[C@@H]1C2. The molecule has 0 spiro atoms. The third-order valence-electron chi connectivity index (χ3n) is 3.53. The van der Waals surface area contributed by atoms with Gasteiger partial charge in [0, 0.05) is 17.0 Å². The van der Waals surface area contributed by atoms with Crippen molar-refractivity contribution in [3.63, 3.8) is 0 Å². The van der Waals surface area contributed by atoms with E-state index in [0.717, 1.165) is 25.1 Å². The average molecular weight is 212 g/mol. The Balaban J connectivity index is 2.05. The van der Waals surface area contributed by atoms with Gasteiger partial charge in [-0.1, -0.05) is 17.7 Å². The minimum Gasteiger partial charge on any atom is -0.316 e. The van der Waals surface area contributed by atoms with E-state index >= 15 is 0 Å². The zero-order chi connectivity index (χ0) is 9.76. The Morgan fingerprint density at radius 3 is 2.93 bits per heavy atom. The molecule has 1 heterocycles. The molecule has 2 fully saturated rings. The van der Waals surface area contributed by atoms with Crippen LogP contribution in [0.2, 0.25) is 5.02 Å². The van der Waals surface area contributed by atoms with Gasteiger partial charge in [-0.05, 0) is 36.6 Å². The quantitative estimate of drug-likeness (QED) is 0.752. The van der Waals surface area contributed by atoms with Crippen molar-refractivity contribution in [2.24, 2.45) is 5.92 Å². The molecule has 2 atom stereocenters. The van der Waals surface area contributed by atoms with E-state index in [0.29, 0.717) is 10.9 Å². The first-order chi connectivity index (χ1) is 6.72. The van der Waals surface area contributed by atoms with E-state index in [1.54, 1.807) is 6.07 Å². The lowest BCUT2D eigenvalue weighted by Crippen LogP contribution is -2.20. The van der Waals surface area contributed by atoms with Gasteiger partial charge in [0.25, 0.3) is 0 Å². The van der Waals surface area contributed by atoms with E-state index in [9.17, 15) is 4.39 Å². The van der Waals surface area contributed by atoms with Crippen LogP contribution in [-0.4, -0.2) is 13.1 Å². The number of hydrogen-bond donors (Lipinski definition) is 1. The van der Waals surface area contributed by atoms with Crippen molar-refractivity contribution in [3.05, 3.63) is 34.6 Å². The zero-order valence-electron chi connectivity index (χ0n) is 7.69. The van der Waals surface area contributed by atoms with Crippen LogP contribution in [0.15, 0.2) is 18.2 Å². The zero-order valence-corrected chi connectivity index (χ0v) is 8.44. The summed E-state index contributed by atoms with van der Waals surface area (Å²) in [4.78, 5) is 0. The summed E-state index contributed by atoms with van der Waals surface area (Å²) >= 11 is 5.73. The van der Waals surface area contributed by atoms with E-state index in [-0.39, 0.29) is 11.2 Å². The van der Waals surface area contributed by atoms with Gasteiger partial charge >= 0.3 is 0 Å². The Kier molecular flexibility index (Phi) is 1.68. The molecule has 0 radical (unpaired) electrons. The molecule has 0 unspecified atom stereocenters. The number of benzene rings is 1. The molecular formula is C11H11ClFN. The Bertz CT molecular complexity index is 393. The molecule has 1 saturated carbocycles. The van der Waals surface area contributed by atoms with Gasteiger partial charge in [-0.2, -0.15) is 0 Å². The van der Waals surface area contributed by atoms with Crippen LogP contribution in [0, 0.1) is 11.7 Å². The molecule has 1 aliphatic carbocycles. The molecule has 0 amide bonds. The maximum absolute atomic E-state index is 13.7. The van der Waals surface area contributed by atoms with Gasteiger partial charge in [0.05, 0.1) is 0 Å². The first kappa shape index (κ1) is 8.69. The monoisotopic (exact) mass is 211 g/mol. The second-order valence-electron chi connectivity index (χ2n) is 4.31. The predicted molar refractivity (Wildman–Crippen MR) is 54.1 cm³/mol. The van der Waals surface area contributed by atoms with Crippen LogP contribution in [-0.2, 0) is 5.41 Å². The number of hydrogen-bond acceptors (Lipinski definition) is 1. The Morgan fingerprint density at radius 1 is 1.50 bits per heavy atom. The molecule has 1 N–H and O–H groups in total. The molecule has 14 heavy (non-hydrogen) atoms. The molecule has 1 saturated heterocycles. The van der Waals surface area contributed by atoms with Gasteiger partial charge in [-0.15, -0.1) is 0 Å². The molecule has 1 aliphatic heterocycles. The highest BCUT2D eigenvalue weighted by Crippen LogP contribution is 2.57. The number of rotatable bonds is 1. The van der Waals surface area contributed by atoms with Gasteiger partial charge in [0.15, 0.2) is 0 Å². The third-order valence-corrected chi connectivity index (χ3v) is 3.77. The Labute approximate surface area is 87.3 Å². The van der Waals surface area contributed by atoms with E-state index in [4.69, 9.17) is 11.6 Å². The van der Waals surface area contributed by atoms with Gasteiger partial charge < -0.3 is 5.32 Å². The van der Waals surface area contributed by atoms with Crippen molar-refractivity contribution >= 4 is 11.6 Å². The van der Waals surface area contributed by atoms with Crippen molar-refractivity contribution in [2.75, 3.05) is 13.1 Å². The van der Waals surface area contributed by atoms with Crippen molar-refractivity contribution in [1.82, 2.24) is 5.32 Å². The van der Waals surface area contributed by atoms with Crippen molar-refractivity contribution in [3.8, 4) is 0 Å². The summed E-state index contributed by atoms with van der Waals surface area (Å²) < 4.78 is 13.7. The lowest BCUT2D eigenvalue weighted by Gasteiger charge is -2.13. The Morgan fingerprint density at radius 2 is 2.36 bits per heavy atom. The van der Waals surface area contributed by atoms with Gasteiger partial charge in [0.1, 0.15) is 5.82 Å². The first-order valence-corrected chi connectivity index (χ1v) is 5.26. The molecule has 1 aromatic rings. The first-order valence-electron chi connectivity index (χ1n) is 4.89. The summed E-state index contributed by atoms with van der Waals surface area (Å²) in [5.74, 6) is 0.488. The molecule has 74 valence electrons. The largest absolute Gasteiger partial charge is 0.316 e. The van der Waals surface area contributed by atoms with Crippen LogP contribution in [0.3, 0.4) is 0 Å². The van der Waals surface area contributed by atoms with Crippen LogP contribution < -0.4 is 5.32 Å². The molecule has 3 rings (SSSR count). The topological polar surface area (TPSA) is 12.0 Å². The summed E-state index contributed by atoms with van der Waals surface area (Å²) in [6.45, 7) is 1.94. The number of halogens is 2. The van der Waals surface area contributed by atoms with E-state index in [1.807, 2.05) is 6.07 Å². The average Bonchev–Trinajstić information content (AvgIpc) is 2.69. The summed E-state index contributed by atoms with van der Waals surface area (Å²) in [6.07, 6.45) is 1.12. The second-order valence-corrected chi connectivity index (χ2v) is 4.75. The fraction of sp³-hybridized carbons (Fsp3) is 0.455. The normalized spacial score (nSPS) is 34.3. The van der Waals surface area contributed by atoms with Crippen LogP contribution in [0.25, 0.3) is 0 Å². The third kappa shape index (κ3) is 1.04. The summed E-state index contributed by atoms with van der Waals surface area (Å²) in [5.41, 5.74) is 0.936. The molecule has 2 aliphatic rings. The van der Waals surface area contributed by atoms with Gasteiger partial charge in [0.2, 0.25) is 0 Å². The number of piperidine rings is 1. The minimum atomic E-state index is -0.149. The van der Waals surface area contributed by atoms with E-state index in [2.05, 4.69) is 5.32 Å². The highest BCUT2D eigenvalue weighted by molar-refractivity contribution is 6.30. The summed E-state index contributed by atoms with van der Waals surface area (Å²) in [7, 11) is 0. The van der Waals surface area contributed by atoms with Crippen LogP contribution >= 0.6 is 11.6 Å². The highest BCUT2D eigenvalue weighted by Gasteiger charge is 2.59. The maximum atomic E-state index is 13.7. The second kappa shape index (κ2) is 2.71. The molecule has 1 aromatic carbocycles. The molecule has 0 aromatic heterocycles. The fourth-order valence-electron chi connectivity index (χ4n) is 2.65. The molecule has 3 heteroatoms. The standard InChI is InChI=1S/C11H11ClFN/c12-8-1-2-9(10(13)3-8)11-4-7(11)5-14-6-11/h1-3,7,14H,4-6H2/t7-,11-/m0/s1. The summed E-state index contributed by atoms with van der Waals surface area (Å²) in [6, 6.07) is 5.03. The van der Waals surface area contributed by atoms with Crippen molar-refractivity contribution < 1.29 is 4.39 Å². The Hall–Kier alpha value is -0.600. The number of nitrogens with one attached hydrogen (secondary N) is 1. The molecular weight excluding hydrogens is 201 g/mol. The van der Waals surface area contributed by atoms with Crippen LogP contribution in [0.1, 0.15) is 12.0 Å². The van der Waals surface area contributed by atoms with Crippen molar-refractivity contribution in [2.45, 2.75) is 11.8 Å². The highest BCUT2D eigenvalue weighted by atomic mass is 35.5.